The molecule has 0 radical (unpaired) electrons. The summed E-state index contributed by atoms with van der Waals surface area (Å²) in [6, 6.07) is 6.81. The molecule has 1 aliphatic carbocycles. The lowest BCUT2D eigenvalue weighted by atomic mass is 9.91. The molecule has 3 rings (SSSR count). The fourth-order valence-corrected chi connectivity index (χ4v) is 2.36. The average molecular weight is 259 g/mol. The Kier molecular flexibility index (Phi) is 2.74. The number of phenolic OH excluding ortho intramolecular Hbond substituents is 1. The van der Waals surface area contributed by atoms with E-state index in [-0.39, 0.29) is 5.75 Å². The van der Waals surface area contributed by atoms with E-state index in [1.54, 1.807) is 24.3 Å². The topological polar surface area (TPSA) is 83.6 Å². The molecule has 19 heavy (non-hydrogen) atoms. The van der Waals surface area contributed by atoms with Crippen LogP contribution in [0.3, 0.4) is 0 Å². The number of hydrogen-bond acceptors (Lipinski definition) is 4. The SMILES string of the molecule is O=C(O)C1CCc2nc(-c3ccccc3O)oc2C1. The van der Waals surface area contributed by atoms with Gasteiger partial charge in [-0.25, -0.2) is 4.98 Å². The molecule has 0 bridgehead atoms. The Hall–Kier alpha value is -2.30. The van der Waals surface area contributed by atoms with Crippen LogP contribution in [-0.2, 0) is 17.6 Å². The Morgan fingerprint density at radius 3 is 2.89 bits per heavy atom. The molecule has 1 unspecified atom stereocenters. The van der Waals surface area contributed by atoms with E-state index in [4.69, 9.17) is 9.52 Å². The molecule has 0 amide bonds. The molecular weight excluding hydrogens is 246 g/mol. The van der Waals surface area contributed by atoms with Crippen LogP contribution in [0.5, 0.6) is 5.75 Å². The van der Waals surface area contributed by atoms with E-state index in [9.17, 15) is 9.90 Å². The predicted octanol–water partition coefficient (Wildman–Crippen LogP) is 2.24. The average Bonchev–Trinajstić information content (AvgIpc) is 2.81. The van der Waals surface area contributed by atoms with Crippen LogP contribution in [0.25, 0.3) is 11.5 Å². The number of aromatic nitrogens is 1. The monoisotopic (exact) mass is 259 g/mol. The maximum absolute atomic E-state index is 11.0. The summed E-state index contributed by atoms with van der Waals surface area (Å²) in [6.45, 7) is 0. The number of aryl methyl sites for hydroxylation is 1. The number of para-hydroxylation sites is 1. The highest BCUT2D eigenvalue weighted by Crippen LogP contribution is 2.33. The maximum atomic E-state index is 11.0. The minimum Gasteiger partial charge on any atom is -0.507 e. The van der Waals surface area contributed by atoms with E-state index in [0.29, 0.717) is 36.5 Å². The Balaban J connectivity index is 1.96. The third-order valence-corrected chi connectivity index (χ3v) is 3.42. The molecule has 0 fully saturated rings. The Bertz CT molecular complexity index is 632. The predicted molar refractivity (Wildman–Crippen MR) is 66.8 cm³/mol. The van der Waals surface area contributed by atoms with Gasteiger partial charge in [0, 0.05) is 6.42 Å². The van der Waals surface area contributed by atoms with E-state index < -0.39 is 11.9 Å². The third-order valence-electron chi connectivity index (χ3n) is 3.42. The molecule has 1 aliphatic rings. The zero-order chi connectivity index (χ0) is 13.4. The molecule has 5 heteroatoms. The summed E-state index contributed by atoms with van der Waals surface area (Å²) >= 11 is 0. The van der Waals surface area contributed by atoms with Crippen LogP contribution in [0.1, 0.15) is 17.9 Å². The quantitative estimate of drug-likeness (QED) is 0.864. The van der Waals surface area contributed by atoms with E-state index in [2.05, 4.69) is 4.98 Å². The molecule has 0 aliphatic heterocycles. The number of phenols is 1. The fourth-order valence-electron chi connectivity index (χ4n) is 2.36. The molecule has 0 saturated heterocycles. The molecule has 1 heterocycles. The van der Waals surface area contributed by atoms with Crippen molar-refractivity contribution >= 4 is 5.97 Å². The first-order chi connectivity index (χ1) is 9.15. The van der Waals surface area contributed by atoms with Gasteiger partial charge in [0.15, 0.2) is 0 Å². The molecule has 2 aromatic rings. The second-order valence-corrected chi connectivity index (χ2v) is 4.68. The number of benzene rings is 1. The Morgan fingerprint density at radius 1 is 1.37 bits per heavy atom. The minimum atomic E-state index is -0.800. The van der Waals surface area contributed by atoms with Crippen LogP contribution in [0.2, 0.25) is 0 Å². The van der Waals surface area contributed by atoms with Crippen molar-refractivity contribution in [2.75, 3.05) is 0 Å². The number of nitrogens with zero attached hydrogens (tertiary/aromatic N) is 1. The summed E-state index contributed by atoms with van der Waals surface area (Å²) < 4.78 is 5.62. The molecule has 1 aromatic carbocycles. The maximum Gasteiger partial charge on any atom is 0.306 e. The number of aliphatic carboxylic acids is 1. The summed E-state index contributed by atoms with van der Waals surface area (Å²) in [5.41, 5.74) is 1.33. The van der Waals surface area contributed by atoms with Gasteiger partial charge in [0.2, 0.25) is 5.89 Å². The zero-order valence-electron chi connectivity index (χ0n) is 10.2. The third kappa shape index (κ3) is 2.07. The van der Waals surface area contributed by atoms with Crippen molar-refractivity contribution in [2.45, 2.75) is 19.3 Å². The molecule has 98 valence electrons. The summed E-state index contributed by atoms with van der Waals surface area (Å²) in [5.74, 6) is -0.120. The summed E-state index contributed by atoms with van der Waals surface area (Å²) in [5, 5.41) is 18.8. The van der Waals surface area contributed by atoms with Crippen molar-refractivity contribution in [3.8, 4) is 17.2 Å². The number of carboxylic acids is 1. The largest absolute Gasteiger partial charge is 0.507 e. The fraction of sp³-hybridized carbons (Fsp3) is 0.286. The van der Waals surface area contributed by atoms with Crippen LogP contribution in [0, 0.1) is 5.92 Å². The van der Waals surface area contributed by atoms with Gasteiger partial charge in [-0.05, 0) is 25.0 Å². The number of rotatable bonds is 2. The molecule has 0 spiro atoms. The van der Waals surface area contributed by atoms with Crippen molar-refractivity contribution in [2.24, 2.45) is 5.92 Å². The molecule has 1 atom stereocenters. The highest BCUT2D eigenvalue weighted by atomic mass is 16.4. The standard InChI is InChI=1S/C14H13NO4/c16-11-4-2-1-3-9(11)13-15-10-6-5-8(14(17)18)7-12(10)19-13/h1-4,8,16H,5-7H2,(H,17,18). The molecule has 2 N–H and O–H groups in total. The Morgan fingerprint density at radius 2 is 2.16 bits per heavy atom. The number of fused-ring (bicyclic) bond motifs is 1. The van der Waals surface area contributed by atoms with Crippen LogP contribution >= 0.6 is 0 Å². The molecule has 5 nitrogen and oxygen atoms in total. The second kappa shape index (κ2) is 4.42. The van der Waals surface area contributed by atoms with E-state index in [0.717, 1.165) is 5.69 Å². The highest BCUT2D eigenvalue weighted by molar-refractivity contribution is 5.71. The zero-order valence-corrected chi connectivity index (χ0v) is 10.2. The van der Waals surface area contributed by atoms with Gasteiger partial charge in [0.1, 0.15) is 11.5 Å². The Labute approximate surface area is 109 Å². The van der Waals surface area contributed by atoms with Crippen LogP contribution < -0.4 is 0 Å². The lowest BCUT2D eigenvalue weighted by Gasteiger charge is -2.15. The van der Waals surface area contributed by atoms with Gasteiger partial charge in [-0.15, -0.1) is 0 Å². The smallest absolute Gasteiger partial charge is 0.306 e. The van der Waals surface area contributed by atoms with Gasteiger partial charge in [-0.1, -0.05) is 12.1 Å². The van der Waals surface area contributed by atoms with Gasteiger partial charge in [-0.2, -0.15) is 0 Å². The summed E-state index contributed by atoms with van der Waals surface area (Å²) in [6.07, 6.45) is 1.55. The van der Waals surface area contributed by atoms with Crippen LogP contribution in [-0.4, -0.2) is 21.2 Å². The highest BCUT2D eigenvalue weighted by Gasteiger charge is 2.29. The summed E-state index contributed by atoms with van der Waals surface area (Å²) in [7, 11) is 0. The van der Waals surface area contributed by atoms with Crippen molar-refractivity contribution in [1.82, 2.24) is 4.98 Å². The van der Waals surface area contributed by atoms with Crippen molar-refractivity contribution < 1.29 is 19.4 Å². The van der Waals surface area contributed by atoms with Gasteiger partial charge in [0.05, 0.1) is 17.2 Å². The minimum absolute atomic E-state index is 0.107. The lowest BCUT2D eigenvalue weighted by Crippen LogP contribution is -2.21. The van der Waals surface area contributed by atoms with Gasteiger partial charge in [-0.3, -0.25) is 4.79 Å². The van der Waals surface area contributed by atoms with Gasteiger partial charge < -0.3 is 14.6 Å². The van der Waals surface area contributed by atoms with Crippen molar-refractivity contribution in [3.05, 3.63) is 35.7 Å². The number of hydrogen-bond donors (Lipinski definition) is 2. The van der Waals surface area contributed by atoms with Crippen LogP contribution in [0.4, 0.5) is 0 Å². The summed E-state index contributed by atoms with van der Waals surface area (Å²) in [4.78, 5) is 15.3. The lowest BCUT2D eigenvalue weighted by molar-refractivity contribution is -0.142. The van der Waals surface area contributed by atoms with Gasteiger partial charge in [0.25, 0.3) is 0 Å². The molecular formula is C14H13NO4. The molecule has 1 aromatic heterocycles. The number of carbonyl (C=O) groups is 1. The first kappa shape index (κ1) is 11.8. The first-order valence-corrected chi connectivity index (χ1v) is 6.15. The van der Waals surface area contributed by atoms with E-state index >= 15 is 0 Å². The van der Waals surface area contributed by atoms with Crippen molar-refractivity contribution in [3.63, 3.8) is 0 Å². The number of carboxylic acid groups (broad SMARTS) is 1. The van der Waals surface area contributed by atoms with E-state index in [1.807, 2.05) is 0 Å². The van der Waals surface area contributed by atoms with Gasteiger partial charge >= 0.3 is 5.97 Å². The van der Waals surface area contributed by atoms with Crippen LogP contribution in [0.15, 0.2) is 28.7 Å². The van der Waals surface area contributed by atoms with Crippen molar-refractivity contribution in [1.29, 1.82) is 0 Å². The molecule has 0 saturated carbocycles. The number of oxazole rings is 1. The van der Waals surface area contributed by atoms with E-state index in [1.165, 1.54) is 0 Å². The normalized spacial score (nSPS) is 18.0. The first-order valence-electron chi connectivity index (χ1n) is 6.15. The second-order valence-electron chi connectivity index (χ2n) is 4.68. The number of aromatic hydroxyl groups is 1.